The maximum atomic E-state index is 14.5. The van der Waals surface area contributed by atoms with Crippen LogP contribution in [0.4, 0.5) is 52.7 Å². The molecule has 4 aromatic carbocycles. The molecule has 2 aliphatic heterocycles. The molecule has 6 rings (SSSR count). The van der Waals surface area contributed by atoms with Crippen LogP contribution in [0, 0.1) is 0 Å². The number of ether oxygens (including phenoxy) is 3. The monoisotopic (exact) mass is 969 g/mol. The van der Waals surface area contributed by atoms with Crippen LogP contribution in [0.15, 0.2) is 48.5 Å². The Labute approximate surface area is 368 Å². The molecule has 1 spiro atoms. The van der Waals surface area contributed by atoms with E-state index in [0.29, 0.717) is 77.0 Å². The molecule has 0 aromatic heterocycles. The average Bonchev–Trinajstić information content (AvgIpc) is 3.45. The summed E-state index contributed by atoms with van der Waals surface area (Å²) in [5, 5.41) is 0. The van der Waals surface area contributed by atoms with Gasteiger partial charge in [0.15, 0.2) is 0 Å². The second kappa shape index (κ2) is 16.8. The Bertz CT molecular complexity index is 2150. The molecular formula is C46H48BrF12NO3. The molecule has 2 heterocycles. The number of halogens is 13. The zero-order chi connectivity index (χ0) is 46.3. The zero-order valence-corrected chi connectivity index (χ0v) is 37.6. The molecule has 0 radical (unpaired) electrons. The molecule has 0 N–H and O–H groups in total. The Morgan fingerprint density at radius 3 is 1.13 bits per heavy atom. The van der Waals surface area contributed by atoms with Crippen molar-refractivity contribution in [2.45, 2.75) is 109 Å². The Morgan fingerprint density at radius 2 is 0.857 bits per heavy atom. The van der Waals surface area contributed by atoms with Gasteiger partial charge in [-0.05, 0) is 81.6 Å². The first-order chi connectivity index (χ1) is 28.4. The molecule has 17 heteroatoms. The second-order valence-electron chi connectivity index (χ2n) is 18.3. The smallest absolute Gasteiger partial charge is 0.416 e. The lowest BCUT2D eigenvalue weighted by atomic mass is 9.76. The largest absolute Gasteiger partial charge is 1.00 e. The first-order valence-corrected chi connectivity index (χ1v) is 19.8. The van der Waals surface area contributed by atoms with Gasteiger partial charge in [0.25, 0.3) is 0 Å². The van der Waals surface area contributed by atoms with Gasteiger partial charge in [-0.25, -0.2) is 0 Å². The number of fused-ring (bicyclic) bond motifs is 3. The van der Waals surface area contributed by atoms with Crippen molar-refractivity contribution in [3.8, 4) is 44.9 Å². The van der Waals surface area contributed by atoms with E-state index in [-0.39, 0.29) is 82.0 Å². The minimum absolute atomic E-state index is 0. The lowest BCUT2D eigenvalue weighted by molar-refractivity contribution is -0.964. The Hall–Kier alpha value is -3.96. The summed E-state index contributed by atoms with van der Waals surface area (Å²) in [5.41, 5.74) is -6.98. The highest BCUT2D eigenvalue weighted by atomic mass is 79.9. The van der Waals surface area contributed by atoms with Crippen molar-refractivity contribution in [3.05, 3.63) is 93.0 Å². The topological polar surface area (TPSA) is 27.7 Å². The normalized spacial score (nSPS) is 16.9. The van der Waals surface area contributed by atoms with Crippen LogP contribution in [0.2, 0.25) is 0 Å². The zero-order valence-electron chi connectivity index (χ0n) is 36.0. The molecule has 0 aliphatic carbocycles. The van der Waals surface area contributed by atoms with Crippen molar-refractivity contribution in [2.24, 2.45) is 0 Å². The van der Waals surface area contributed by atoms with Crippen LogP contribution in [0.3, 0.4) is 0 Å². The van der Waals surface area contributed by atoms with Crippen molar-refractivity contribution in [3.63, 3.8) is 0 Å². The highest BCUT2D eigenvalue weighted by Gasteiger charge is 2.48. The average molecular weight is 971 g/mol. The summed E-state index contributed by atoms with van der Waals surface area (Å²) in [6.07, 6.45) is -19.7. The molecule has 2 aliphatic rings. The van der Waals surface area contributed by atoms with Gasteiger partial charge in [-0.3, -0.25) is 0 Å². The SMILES string of the molecule is COC[C@@H]1CCC[N+]12Cc1c(cc(C(C)(C)C)c(OC)c1-c1cc(C(F)(F)F)cc(C(F)(F)F)c1)-c1cc(C(C)(C)C)c(OC)c(-c3cc(C(F)(F)F)cc(C(F)(F)F)c3)c1C2.[Br-]. The van der Waals surface area contributed by atoms with E-state index in [1.807, 2.05) is 0 Å². The molecule has 4 aromatic rings. The van der Waals surface area contributed by atoms with E-state index in [2.05, 4.69) is 0 Å². The molecule has 63 heavy (non-hydrogen) atoms. The van der Waals surface area contributed by atoms with Crippen molar-refractivity contribution < 1.29 is 88.4 Å². The Morgan fingerprint density at radius 1 is 0.524 bits per heavy atom. The number of hydrogen-bond acceptors (Lipinski definition) is 3. The molecule has 0 amide bonds. The lowest BCUT2D eigenvalue weighted by Crippen LogP contribution is -3.00. The number of methoxy groups -OCH3 is 3. The summed E-state index contributed by atoms with van der Waals surface area (Å²) in [4.78, 5) is 0. The molecule has 1 fully saturated rings. The van der Waals surface area contributed by atoms with Gasteiger partial charge in [0.2, 0.25) is 0 Å². The van der Waals surface area contributed by atoms with Crippen LogP contribution in [-0.2, 0) is 53.4 Å². The van der Waals surface area contributed by atoms with E-state index < -0.39 is 68.9 Å². The fourth-order valence-electron chi connectivity index (χ4n) is 9.20. The van der Waals surface area contributed by atoms with E-state index in [1.165, 1.54) is 21.3 Å². The van der Waals surface area contributed by atoms with Crippen molar-refractivity contribution in [2.75, 3.05) is 34.5 Å². The number of benzene rings is 4. The van der Waals surface area contributed by atoms with Gasteiger partial charge >= 0.3 is 24.7 Å². The molecule has 1 atom stereocenters. The summed E-state index contributed by atoms with van der Waals surface area (Å²) < 4.78 is 192. The molecule has 0 unspecified atom stereocenters. The number of alkyl halides is 12. The lowest BCUT2D eigenvalue weighted by Gasteiger charge is -2.40. The van der Waals surface area contributed by atoms with Gasteiger partial charge in [-0.15, -0.1) is 0 Å². The quantitative estimate of drug-likeness (QED) is 0.142. The first-order valence-electron chi connectivity index (χ1n) is 19.8. The molecule has 0 bridgehead atoms. The van der Waals surface area contributed by atoms with Crippen molar-refractivity contribution in [1.29, 1.82) is 0 Å². The van der Waals surface area contributed by atoms with Crippen molar-refractivity contribution >= 4 is 0 Å². The summed E-state index contributed by atoms with van der Waals surface area (Å²) in [5.74, 6) is 0.0375. The van der Waals surface area contributed by atoms with Crippen LogP contribution in [0.1, 0.15) is 98.9 Å². The molecule has 346 valence electrons. The summed E-state index contributed by atoms with van der Waals surface area (Å²) in [6.45, 7) is 11.1. The maximum Gasteiger partial charge on any atom is 0.416 e. The number of nitrogens with zero attached hydrogens (tertiary/aromatic N) is 1. The highest BCUT2D eigenvalue weighted by molar-refractivity contribution is 5.91. The van der Waals surface area contributed by atoms with Gasteiger partial charge in [-0.1, -0.05) is 41.5 Å². The van der Waals surface area contributed by atoms with E-state index in [0.717, 1.165) is 0 Å². The summed E-state index contributed by atoms with van der Waals surface area (Å²) in [6, 6.07) is 5.75. The Balaban J connectivity index is 0.00000748. The van der Waals surface area contributed by atoms with E-state index >= 15 is 0 Å². The van der Waals surface area contributed by atoms with Gasteiger partial charge < -0.3 is 35.7 Å². The maximum absolute atomic E-state index is 14.5. The second-order valence-corrected chi connectivity index (χ2v) is 18.3. The number of quaternary nitrogens is 1. The van der Waals surface area contributed by atoms with Gasteiger partial charge in [0.1, 0.15) is 30.6 Å². The van der Waals surface area contributed by atoms with Gasteiger partial charge in [-0.2, -0.15) is 52.7 Å². The third-order valence-electron chi connectivity index (χ3n) is 12.1. The predicted molar refractivity (Wildman–Crippen MR) is 211 cm³/mol. The highest BCUT2D eigenvalue weighted by Crippen LogP contribution is 2.56. The van der Waals surface area contributed by atoms with Gasteiger partial charge in [0.05, 0.1) is 49.6 Å². The molecule has 4 nitrogen and oxygen atoms in total. The molecule has 0 saturated carbocycles. The minimum atomic E-state index is -5.20. The molecule has 1 saturated heterocycles. The third-order valence-corrected chi connectivity index (χ3v) is 12.1. The fraction of sp³-hybridized carbons (Fsp3) is 0.478. The van der Waals surface area contributed by atoms with E-state index in [4.69, 9.17) is 14.2 Å². The third kappa shape index (κ3) is 9.57. The van der Waals surface area contributed by atoms with Crippen LogP contribution < -0.4 is 26.5 Å². The molecular weight excluding hydrogens is 922 g/mol. The summed E-state index contributed by atoms with van der Waals surface area (Å²) >= 11 is 0. The minimum Gasteiger partial charge on any atom is -1.00 e. The van der Waals surface area contributed by atoms with Crippen molar-refractivity contribution in [1.82, 2.24) is 0 Å². The summed E-state index contributed by atoms with van der Waals surface area (Å²) in [7, 11) is 4.00. The van der Waals surface area contributed by atoms with E-state index in [9.17, 15) is 52.7 Å². The number of hydrogen-bond donors (Lipinski definition) is 0. The van der Waals surface area contributed by atoms with Crippen LogP contribution in [-0.4, -0.2) is 45.0 Å². The predicted octanol–water partition coefficient (Wildman–Crippen LogP) is 11.0. The number of rotatable bonds is 6. The Kier molecular flexibility index (Phi) is 13.3. The fourth-order valence-corrected chi connectivity index (χ4v) is 9.20. The van der Waals surface area contributed by atoms with Crippen LogP contribution >= 0.6 is 0 Å². The van der Waals surface area contributed by atoms with Crippen LogP contribution in [0.5, 0.6) is 11.5 Å². The standard InChI is InChI=1S/C46H48F12NO3.BrH/c1-41(2,3)35-19-31-32-20-36(42(4,5)6)40(62-9)38(25-15-28(45(53,54)55)18-29(16-25)46(56,57)58)34(32)22-59(12-10-11-30(59)23-60-7)21-33(31)37(39(35)61-8)24-13-26(43(47,48)49)17-27(14-24)44(50,51)52;/h13-20,30H,10-12,21-23H2,1-9H3;1H/q+1;/p-1/t30-;/m0./s1. The van der Waals surface area contributed by atoms with E-state index in [1.54, 1.807) is 53.7 Å². The van der Waals surface area contributed by atoms with Crippen LogP contribution in [0.25, 0.3) is 33.4 Å². The van der Waals surface area contributed by atoms with Gasteiger partial charge in [0, 0.05) is 53.3 Å². The first kappa shape index (κ1) is 50.0.